The zero-order valence-corrected chi connectivity index (χ0v) is 19.3. The molecule has 1 aliphatic rings. The fraction of sp³-hybridized carbons (Fsp3) is 0.435. The summed E-state index contributed by atoms with van der Waals surface area (Å²) < 4.78 is 11.9. The Hall–Kier alpha value is -1.80. The minimum atomic E-state index is -1.08. The highest BCUT2D eigenvalue weighted by Gasteiger charge is 2.16. The molecule has 1 heterocycles. The number of rotatable bonds is 9. The van der Waals surface area contributed by atoms with Crippen LogP contribution < -0.4 is 16.0 Å². The molecule has 5 nitrogen and oxygen atoms in total. The smallest absolute Gasteiger partial charge is 0.175 e. The lowest BCUT2D eigenvalue weighted by molar-refractivity contribution is 0.252. The zero-order valence-electron chi connectivity index (χ0n) is 17.7. The summed E-state index contributed by atoms with van der Waals surface area (Å²) in [4.78, 5) is 5.79. The molecular weight excluding hydrogens is 412 g/mol. The molecule has 0 aliphatic carbocycles. The van der Waals surface area contributed by atoms with E-state index in [2.05, 4.69) is 51.5 Å². The van der Waals surface area contributed by atoms with E-state index in [1.807, 2.05) is 12.1 Å². The summed E-state index contributed by atoms with van der Waals surface area (Å²) in [5.41, 5.74) is 8.93. The number of anilines is 2. The first-order chi connectivity index (χ1) is 14.5. The number of thiocarbonyl (C=S) groups is 1. The number of nitrogens with two attached hydrogens (primary N) is 1. The van der Waals surface area contributed by atoms with Gasteiger partial charge in [-0.1, -0.05) is 30.7 Å². The molecule has 0 aromatic heterocycles. The van der Waals surface area contributed by atoms with Crippen LogP contribution in [0.1, 0.15) is 24.8 Å². The second-order valence-electron chi connectivity index (χ2n) is 7.75. The first-order valence-corrected chi connectivity index (χ1v) is 12.5. The van der Waals surface area contributed by atoms with Crippen molar-refractivity contribution < 1.29 is 4.55 Å². The fourth-order valence-electron chi connectivity index (χ4n) is 3.92. The maximum Gasteiger partial charge on any atom is 0.175 e. The standard InChI is InChI=1S/C23H32N4OS2/c1-30(28)22-12-11-19(18-21(22)25-23(24)29)8-4-3-7-13-26-14-16-27(17-15-26)20-9-5-2-6-10-20/h2,5-6,9-12,18H,3-4,7-8,13-17H2,1H3,(H3,24,25,29). The van der Waals surface area contributed by atoms with Crippen molar-refractivity contribution in [2.75, 3.05) is 49.2 Å². The molecule has 162 valence electrons. The van der Waals surface area contributed by atoms with Gasteiger partial charge in [-0.2, -0.15) is 0 Å². The molecule has 1 atom stereocenters. The number of aryl methyl sites for hydroxylation is 1. The average Bonchev–Trinajstić information content (AvgIpc) is 2.74. The summed E-state index contributed by atoms with van der Waals surface area (Å²) in [6.07, 6.45) is 6.24. The average molecular weight is 445 g/mol. The van der Waals surface area contributed by atoms with E-state index >= 15 is 0 Å². The van der Waals surface area contributed by atoms with Gasteiger partial charge in [0.05, 0.1) is 5.69 Å². The molecule has 1 fully saturated rings. The van der Waals surface area contributed by atoms with E-state index in [9.17, 15) is 4.55 Å². The molecule has 3 rings (SSSR count). The number of piperazine rings is 1. The van der Waals surface area contributed by atoms with Crippen LogP contribution in [0.25, 0.3) is 0 Å². The normalized spacial score (nSPS) is 15.7. The third kappa shape index (κ3) is 6.87. The Morgan fingerprint density at radius 1 is 1.07 bits per heavy atom. The molecule has 2 aromatic rings. The van der Waals surface area contributed by atoms with E-state index in [1.165, 1.54) is 30.6 Å². The highest BCUT2D eigenvalue weighted by molar-refractivity contribution is 7.90. The van der Waals surface area contributed by atoms with Crippen LogP contribution in [0.2, 0.25) is 0 Å². The minimum absolute atomic E-state index is 0.200. The molecule has 0 radical (unpaired) electrons. The van der Waals surface area contributed by atoms with Crippen LogP contribution in [0.4, 0.5) is 11.4 Å². The molecule has 1 unspecified atom stereocenters. The van der Waals surface area contributed by atoms with E-state index < -0.39 is 11.2 Å². The molecule has 2 aromatic carbocycles. The molecule has 30 heavy (non-hydrogen) atoms. The Morgan fingerprint density at radius 3 is 2.47 bits per heavy atom. The molecular formula is C23H32N4OS2. The predicted octanol–water partition coefficient (Wildman–Crippen LogP) is 3.61. The Bertz CT molecular complexity index is 808. The summed E-state index contributed by atoms with van der Waals surface area (Å²) in [6.45, 7) is 5.66. The number of nitrogens with zero attached hydrogens (tertiary/aromatic N) is 2. The van der Waals surface area contributed by atoms with Gasteiger partial charge in [0.1, 0.15) is 6.26 Å². The van der Waals surface area contributed by atoms with Crippen LogP contribution in [0.5, 0.6) is 0 Å². The number of benzene rings is 2. The van der Waals surface area contributed by atoms with Crippen LogP contribution in [0.3, 0.4) is 0 Å². The second kappa shape index (κ2) is 11.6. The molecule has 1 saturated heterocycles. The van der Waals surface area contributed by atoms with Gasteiger partial charge in [0, 0.05) is 31.9 Å². The third-order valence-electron chi connectivity index (χ3n) is 5.54. The third-order valence-corrected chi connectivity index (χ3v) is 6.62. The van der Waals surface area contributed by atoms with Crippen molar-refractivity contribution >= 4 is 39.9 Å². The topological polar surface area (TPSA) is 67.6 Å². The van der Waals surface area contributed by atoms with Gasteiger partial charge < -0.3 is 20.5 Å². The Balaban J connectivity index is 1.37. The summed E-state index contributed by atoms with van der Waals surface area (Å²) >= 11 is 3.87. The summed E-state index contributed by atoms with van der Waals surface area (Å²) in [7, 11) is 0. The molecule has 0 saturated carbocycles. The van der Waals surface area contributed by atoms with Crippen molar-refractivity contribution in [1.29, 1.82) is 0 Å². The first kappa shape index (κ1) is 22.9. The fourth-order valence-corrected chi connectivity index (χ4v) is 4.71. The first-order valence-electron chi connectivity index (χ1n) is 10.6. The maximum atomic E-state index is 11.9. The molecule has 0 amide bonds. The van der Waals surface area contributed by atoms with Crippen molar-refractivity contribution in [2.24, 2.45) is 5.73 Å². The molecule has 0 spiro atoms. The van der Waals surface area contributed by atoms with Gasteiger partial charge in [0.25, 0.3) is 0 Å². The van der Waals surface area contributed by atoms with Crippen LogP contribution in [0, 0.1) is 0 Å². The monoisotopic (exact) mass is 444 g/mol. The van der Waals surface area contributed by atoms with Gasteiger partial charge in [0.15, 0.2) is 10.0 Å². The number of unbranched alkanes of at least 4 members (excludes halogenated alkanes) is 2. The Labute approximate surface area is 188 Å². The summed E-state index contributed by atoms with van der Waals surface area (Å²) in [5, 5.41) is 3.16. The minimum Gasteiger partial charge on any atom is -0.612 e. The number of para-hydroxylation sites is 1. The van der Waals surface area contributed by atoms with Crippen LogP contribution in [0.15, 0.2) is 53.4 Å². The quantitative estimate of drug-likeness (QED) is 0.350. The molecule has 3 N–H and O–H groups in total. The van der Waals surface area contributed by atoms with Crippen LogP contribution in [-0.4, -0.2) is 53.5 Å². The van der Waals surface area contributed by atoms with Gasteiger partial charge in [-0.15, -0.1) is 0 Å². The van der Waals surface area contributed by atoms with E-state index in [-0.39, 0.29) is 5.11 Å². The molecule has 7 heteroatoms. The summed E-state index contributed by atoms with van der Waals surface area (Å²) in [6, 6.07) is 16.7. The SMILES string of the molecule is C[S+]([O-])c1ccc(CCCCCN2CCN(c3ccccc3)CC2)cc1NC(N)=S. The van der Waals surface area contributed by atoms with E-state index in [1.54, 1.807) is 6.26 Å². The van der Waals surface area contributed by atoms with Crippen molar-refractivity contribution in [3.8, 4) is 0 Å². The Kier molecular flexibility index (Phi) is 8.81. The van der Waals surface area contributed by atoms with E-state index in [0.717, 1.165) is 49.6 Å². The van der Waals surface area contributed by atoms with E-state index in [0.29, 0.717) is 0 Å². The highest BCUT2D eigenvalue weighted by Crippen LogP contribution is 2.24. The maximum absolute atomic E-state index is 11.9. The lowest BCUT2D eigenvalue weighted by atomic mass is 10.1. The van der Waals surface area contributed by atoms with Crippen LogP contribution in [-0.2, 0) is 17.6 Å². The Morgan fingerprint density at radius 2 is 1.80 bits per heavy atom. The van der Waals surface area contributed by atoms with Gasteiger partial charge in [-0.3, -0.25) is 4.90 Å². The van der Waals surface area contributed by atoms with Crippen molar-refractivity contribution in [1.82, 2.24) is 4.90 Å². The van der Waals surface area contributed by atoms with Crippen molar-refractivity contribution in [3.05, 3.63) is 54.1 Å². The number of nitrogens with one attached hydrogen (secondary N) is 1. The molecule has 1 aliphatic heterocycles. The number of hydrogen-bond acceptors (Lipinski definition) is 4. The second-order valence-corrected chi connectivity index (χ2v) is 9.54. The van der Waals surface area contributed by atoms with Crippen molar-refractivity contribution in [2.45, 2.75) is 30.6 Å². The summed E-state index contributed by atoms with van der Waals surface area (Å²) in [5.74, 6) is 0. The predicted molar refractivity (Wildman–Crippen MR) is 132 cm³/mol. The van der Waals surface area contributed by atoms with Gasteiger partial charge in [-0.25, -0.2) is 0 Å². The van der Waals surface area contributed by atoms with Gasteiger partial charge in [-0.05, 0) is 79.0 Å². The molecule has 0 bridgehead atoms. The lowest BCUT2D eigenvalue weighted by Crippen LogP contribution is -2.46. The number of hydrogen-bond donors (Lipinski definition) is 2. The van der Waals surface area contributed by atoms with E-state index in [4.69, 9.17) is 18.0 Å². The largest absolute Gasteiger partial charge is 0.612 e. The lowest BCUT2D eigenvalue weighted by Gasteiger charge is -2.36. The van der Waals surface area contributed by atoms with Crippen LogP contribution >= 0.6 is 12.2 Å². The van der Waals surface area contributed by atoms with Gasteiger partial charge >= 0.3 is 0 Å². The highest BCUT2D eigenvalue weighted by atomic mass is 32.2. The van der Waals surface area contributed by atoms with Crippen molar-refractivity contribution in [3.63, 3.8) is 0 Å². The van der Waals surface area contributed by atoms with Gasteiger partial charge in [0.2, 0.25) is 0 Å². The zero-order chi connectivity index (χ0) is 21.3.